The Hall–Kier alpha value is -3.72. The van der Waals surface area contributed by atoms with Crippen molar-refractivity contribution in [2.45, 2.75) is 38.1 Å². The molecule has 0 unspecified atom stereocenters. The second kappa shape index (κ2) is 9.63. The molecule has 3 aliphatic heterocycles. The first kappa shape index (κ1) is 20.4. The molecule has 1 atom stereocenters. The number of hydrogen-bond donors (Lipinski definition) is 2. The van der Waals surface area contributed by atoms with Gasteiger partial charge in [0.15, 0.2) is 0 Å². The van der Waals surface area contributed by atoms with Gasteiger partial charge in [-0.05, 0) is 48.9 Å². The van der Waals surface area contributed by atoms with E-state index in [4.69, 9.17) is 8.85 Å². The minimum atomic E-state index is -2.72. The molecule has 2 amide bonds. The number of carbonyl (C=O) groups excluding carboxylic acids is 2. The first-order valence-electron chi connectivity index (χ1n) is 14.3. The predicted molar refractivity (Wildman–Crippen MR) is 140 cm³/mol. The average Bonchev–Trinajstić information content (AvgIpc) is 3.33. The minimum absolute atomic E-state index is 0.0944. The number of ether oxygens (including phenoxy) is 1. The van der Waals surface area contributed by atoms with Crippen LogP contribution in [-0.2, 0) is 22.4 Å². The van der Waals surface area contributed by atoms with Crippen LogP contribution in [0, 0.1) is 5.41 Å². The Labute approximate surface area is 220 Å². The summed E-state index contributed by atoms with van der Waals surface area (Å²) in [4.78, 5) is 34.0. The van der Waals surface area contributed by atoms with Gasteiger partial charge in [0.2, 0.25) is 11.7 Å². The first-order chi connectivity index (χ1) is 19.2. The van der Waals surface area contributed by atoms with E-state index in [0.29, 0.717) is 24.4 Å². The first-order valence-corrected chi connectivity index (χ1v) is 12.8. The zero-order chi connectivity index (χ0) is 27.9. The van der Waals surface area contributed by atoms with Crippen molar-refractivity contribution >= 4 is 23.2 Å². The summed E-state index contributed by atoms with van der Waals surface area (Å²) in [6, 6.07) is 14.3. The molecule has 1 spiro atoms. The van der Waals surface area contributed by atoms with E-state index >= 15 is 0 Å². The molecule has 2 aromatic carbocycles. The fourth-order valence-electron chi connectivity index (χ4n) is 5.55. The van der Waals surface area contributed by atoms with E-state index < -0.39 is 24.8 Å². The largest absolute Gasteiger partial charge is 0.381 e. The molecule has 0 saturated carbocycles. The zero-order valence-electron chi connectivity index (χ0n) is 23.6. The van der Waals surface area contributed by atoms with Gasteiger partial charge in [-0.1, -0.05) is 36.4 Å². The lowest BCUT2D eigenvalue weighted by molar-refractivity contribution is -0.120. The van der Waals surface area contributed by atoms with Crippen LogP contribution >= 0.6 is 0 Å². The van der Waals surface area contributed by atoms with Crippen molar-refractivity contribution in [2.24, 2.45) is 5.41 Å². The number of rotatable bonds is 5. The van der Waals surface area contributed by atoms with E-state index in [0.717, 1.165) is 60.9 Å². The summed E-state index contributed by atoms with van der Waals surface area (Å²) in [7, 11) is 0. The Morgan fingerprint density at radius 1 is 1.22 bits per heavy atom. The molecule has 9 heteroatoms. The lowest BCUT2D eigenvalue weighted by Gasteiger charge is -2.53. The van der Waals surface area contributed by atoms with Gasteiger partial charge in [0.25, 0.3) is 5.91 Å². The summed E-state index contributed by atoms with van der Waals surface area (Å²) in [5, 5.41) is 9.48. The maximum absolute atomic E-state index is 13.7. The van der Waals surface area contributed by atoms with Crippen molar-refractivity contribution in [2.75, 3.05) is 43.1 Å². The second-order valence-corrected chi connectivity index (χ2v) is 10.3. The summed E-state index contributed by atoms with van der Waals surface area (Å²) in [6.45, 7) is 0.599. The lowest BCUT2D eigenvalue weighted by atomic mass is 9.73. The van der Waals surface area contributed by atoms with Crippen LogP contribution in [0.5, 0.6) is 0 Å². The molecule has 9 nitrogen and oxygen atoms in total. The van der Waals surface area contributed by atoms with Crippen LogP contribution in [0.25, 0.3) is 0 Å². The number of aryl methyl sites for hydroxylation is 1. The summed E-state index contributed by atoms with van der Waals surface area (Å²) < 4.78 is 30.1. The van der Waals surface area contributed by atoms with E-state index in [1.54, 1.807) is 6.07 Å². The number of likely N-dealkylation sites (N-methyl/N-ethyl adjacent to an activating group) is 1. The fraction of sp³-hybridized carbons (Fsp3) is 0.429. The highest BCUT2D eigenvalue weighted by molar-refractivity contribution is 6.02. The molecular formula is C28H32N6O3. The third kappa shape index (κ3) is 4.71. The van der Waals surface area contributed by atoms with E-state index in [1.807, 2.05) is 42.5 Å². The molecule has 0 aliphatic carbocycles. The Morgan fingerprint density at radius 2 is 2.03 bits per heavy atom. The molecule has 37 heavy (non-hydrogen) atoms. The highest BCUT2D eigenvalue weighted by Gasteiger charge is 2.44. The third-order valence-electron chi connectivity index (χ3n) is 7.76. The molecule has 6 rings (SSSR count). The topological polar surface area (TPSA) is 103 Å². The zero-order valence-corrected chi connectivity index (χ0v) is 20.6. The smallest absolute Gasteiger partial charge is 0.291 e. The Kier molecular flexibility index (Phi) is 5.29. The molecule has 2 saturated heterocycles. The van der Waals surface area contributed by atoms with E-state index in [2.05, 4.69) is 25.4 Å². The van der Waals surface area contributed by atoms with Crippen LogP contribution in [0.15, 0.2) is 48.5 Å². The Morgan fingerprint density at radius 3 is 2.81 bits per heavy atom. The highest BCUT2D eigenvalue weighted by Crippen LogP contribution is 2.43. The Bertz CT molecular complexity index is 1400. The van der Waals surface area contributed by atoms with Gasteiger partial charge in [0.1, 0.15) is 11.9 Å². The lowest BCUT2D eigenvalue weighted by Crippen LogP contribution is -2.58. The summed E-state index contributed by atoms with van der Waals surface area (Å²) in [5.74, 6) is -0.883. The number of benzene rings is 2. The SMILES string of the molecule is [2H]C([2H])([2H])N1C(=O)[C@H](NC(=O)c2n[nH]c(Cc3ccccc3)n2)CCc2ccc(N3CC4(CCOCC4)C3)cc21. The van der Waals surface area contributed by atoms with Crippen molar-refractivity contribution in [1.29, 1.82) is 0 Å². The van der Waals surface area contributed by atoms with Crippen LogP contribution in [0.4, 0.5) is 11.4 Å². The maximum Gasteiger partial charge on any atom is 0.291 e. The highest BCUT2D eigenvalue weighted by atomic mass is 16.5. The number of aromatic amines is 1. The number of hydrogen-bond acceptors (Lipinski definition) is 6. The van der Waals surface area contributed by atoms with Gasteiger partial charge in [-0.25, -0.2) is 4.98 Å². The number of nitrogens with one attached hydrogen (secondary N) is 2. The molecule has 0 bridgehead atoms. The molecule has 3 aliphatic rings. The number of nitrogens with zero attached hydrogens (tertiary/aromatic N) is 4. The molecule has 3 aromatic rings. The van der Waals surface area contributed by atoms with Gasteiger partial charge in [0.05, 0.1) is 0 Å². The summed E-state index contributed by atoms with van der Waals surface area (Å²) in [5.41, 5.74) is 3.29. The molecule has 4 heterocycles. The minimum Gasteiger partial charge on any atom is -0.381 e. The third-order valence-corrected chi connectivity index (χ3v) is 7.76. The number of fused-ring (bicyclic) bond motifs is 1. The normalized spacial score (nSPS) is 22.3. The van der Waals surface area contributed by atoms with E-state index in [-0.39, 0.29) is 17.7 Å². The van der Waals surface area contributed by atoms with Crippen molar-refractivity contribution in [3.63, 3.8) is 0 Å². The van der Waals surface area contributed by atoms with E-state index in [1.165, 1.54) is 0 Å². The molecule has 1 aromatic heterocycles. The van der Waals surface area contributed by atoms with Gasteiger partial charge >= 0.3 is 0 Å². The maximum atomic E-state index is 13.7. The number of aromatic nitrogens is 3. The predicted octanol–water partition coefficient (Wildman–Crippen LogP) is 2.72. The van der Waals surface area contributed by atoms with Crippen LogP contribution in [0.1, 0.15) is 50.9 Å². The molecular weight excluding hydrogens is 468 g/mol. The van der Waals surface area contributed by atoms with Crippen LogP contribution in [0.3, 0.4) is 0 Å². The molecule has 2 N–H and O–H groups in total. The Balaban J connectivity index is 1.18. The number of anilines is 2. The fourth-order valence-corrected chi connectivity index (χ4v) is 5.55. The molecule has 192 valence electrons. The monoisotopic (exact) mass is 503 g/mol. The summed E-state index contributed by atoms with van der Waals surface area (Å²) >= 11 is 0. The second-order valence-electron chi connectivity index (χ2n) is 10.3. The quantitative estimate of drug-likeness (QED) is 0.555. The van der Waals surface area contributed by atoms with Gasteiger partial charge in [-0.15, -0.1) is 5.10 Å². The van der Waals surface area contributed by atoms with Crippen molar-refractivity contribution in [3.8, 4) is 0 Å². The van der Waals surface area contributed by atoms with Gasteiger partial charge < -0.3 is 19.9 Å². The van der Waals surface area contributed by atoms with Crippen LogP contribution in [-0.4, -0.2) is 66.3 Å². The average molecular weight is 504 g/mol. The molecule has 0 radical (unpaired) electrons. The molecule has 2 fully saturated rings. The number of H-pyrrole nitrogens is 1. The van der Waals surface area contributed by atoms with Crippen molar-refractivity contribution in [3.05, 3.63) is 71.3 Å². The van der Waals surface area contributed by atoms with Gasteiger partial charge in [0, 0.05) is 60.6 Å². The van der Waals surface area contributed by atoms with E-state index in [9.17, 15) is 9.59 Å². The van der Waals surface area contributed by atoms with Crippen LogP contribution in [0.2, 0.25) is 0 Å². The van der Waals surface area contributed by atoms with Gasteiger partial charge in [-0.2, -0.15) is 0 Å². The van der Waals surface area contributed by atoms with Crippen molar-refractivity contribution < 1.29 is 18.4 Å². The number of carbonyl (C=O) groups is 2. The standard InChI is InChI=1S/C28H32N6O3/c1-33-23-16-21(34-17-28(18-34)11-13-37-14-12-28)9-7-20(23)8-10-22(27(33)36)29-26(35)25-30-24(31-32-25)15-19-5-3-2-4-6-19/h2-7,9,16,22H,8,10-15,17-18H2,1H3,(H,29,35)(H,30,31,32)/t22-/m1/s1/i1D3. The van der Waals surface area contributed by atoms with Crippen molar-refractivity contribution in [1.82, 2.24) is 20.5 Å². The van der Waals surface area contributed by atoms with Crippen LogP contribution < -0.4 is 15.1 Å². The van der Waals surface area contributed by atoms with Gasteiger partial charge in [-0.3, -0.25) is 14.7 Å². The summed E-state index contributed by atoms with van der Waals surface area (Å²) in [6.07, 6.45) is 3.22. The number of amides is 2.